The lowest BCUT2D eigenvalue weighted by Crippen LogP contribution is -2.41. The fourth-order valence-corrected chi connectivity index (χ4v) is 2.03. The lowest BCUT2D eigenvalue weighted by atomic mass is 10.1. The third-order valence-corrected chi connectivity index (χ3v) is 3.07. The van der Waals surface area contributed by atoms with Crippen LogP contribution in [0.3, 0.4) is 0 Å². The number of para-hydroxylation sites is 1. The molecule has 1 aromatic rings. The summed E-state index contributed by atoms with van der Waals surface area (Å²) in [6.07, 6.45) is 2.41. The van der Waals surface area contributed by atoms with Gasteiger partial charge >= 0.3 is 5.97 Å². The second kappa shape index (κ2) is 6.78. The third kappa shape index (κ3) is 3.53. The van der Waals surface area contributed by atoms with Crippen molar-refractivity contribution < 1.29 is 24.2 Å². The van der Waals surface area contributed by atoms with Crippen LogP contribution in [0.1, 0.15) is 23.2 Å². The largest absolute Gasteiger partial charge is 0.486 e. The number of carbonyl (C=O) groups is 2. The Kier molecular flexibility index (Phi) is 4.81. The molecular weight excluding hydrogens is 274 g/mol. The van der Waals surface area contributed by atoms with Crippen molar-refractivity contribution in [3.05, 3.63) is 36.4 Å². The quantitative estimate of drug-likeness (QED) is 0.778. The fraction of sp³-hybridized carbons (Fsp3) is 0.333. The van der Waals surface area contributed by atoms with Gasteiger partial charge in [0.25, 0.3) is 5.91 Å². The van der Waals surface area contributed by atoms with E-state index < -0.39 is 17.9 Å². The molecule has 6 nitrogen and oxygen atoms in total. The first-order valence-corrected chi connectivity index (χ1v) is 6.66. The van der Waals surface area contributed by atoms with Crippen LogP contribution >= 0.6 is 0 Å². The summed E-state index contributed by atoms with van der Waals surface area (Å²) in [5.74, 6) is -0.720. The molecule has 0 saturated heterocycles. The molecule has 0 bridgehead atoms. The van der Waals surface area contributed by atoms with Crippen LogP contribution in [0.5, 0.6) is 11.5 Å². The molecule has 1 unspecified atom stereocenters. The summed E-state index contributed by atoms with van der Waals surface area (Å²) < 4.78 is 10.8. The van der Waals surface area contributed by atoms with Crippen molar-refractivity contribution >= 4 is 11.9 Å². The number of carboxylic acid groups (broad SMARTS) is 1. The highest BCUT2D eigenvalue weighted by Gasteiger charge is 2.24. The number of carboxylic acids is 1. The zero-order valence-electron chi connectivity index (χ0n) is 11.5. The lowest BCUT2D eigenvalue weighted by Gasteiger charge is -2.21. The molecule has 0 aromatic heterocycles. The van der Waals surface area contributed by atoms with Crippen molar-refractivity contribution in [1.82, 2.24) is 5.32 Å². The van der Waals surface area contributed by atoms with E-state index in [1.807, 2.05) is 0 Å². The number of nitrogens with one attached hydrogen (secondary N) is 1. The Balaban J connectivity index is 2.16. The van der Waals surface area contributed by atoms with Crippen molar-refractivity contribution in [3.63, 3.8) is 0 Å². The maximum absolute atomic E-state index is 12.3. The topological polar surface area (TPSA) is 84.9 Å². The average Bonchev–Trinajstić information content (AvgIpc) is 2.50. The fourth-order valence-electron chi connectivity index (χ4n) is 2.03. The van der Waals surface area contributed by atoms with E-state index in [0.29, 0.717) is 31.1 Å². The molecular formula is C15H17NO5. The number of fused-ring (bicyclic) bond motifs is 1. The Bertz CT molecular complexity index is 555. The molecule has 2 N–H and O–H groups in total. The molecule has 1 atom stereocenters. The van der Waals surface area contributed by atoms with Crippen LogP contribution in [0, 0.1) is 0 Å². The molecule has 0 saturated carbocycles. The van der Waals surface area contributed by atoms with Crippen molar-refractivity contribution in [3.8, 4) is 11.5 Å². The number of amides is 1. The van der Waals surface area contributed by atoms with Crippen LogP contribution in [0.15, 0.2) is 30.9 Å². The van der Waals surface area contributed by atoms with Gasteiger partial charge in [0.05, 0.1) is 5.56 Å². The highest BCUT2D eigenvalue weighted by atomic mass is 16.6. The molecule has 1 aliphatic heterocycles. The van der Waals surface area contributed by atoms with Crippen LogP contribution in [0.2, 0.25) is 0 Å². The summed E-state index contributed by atoms with van der Waals surface area (Å²) in [6, 6.07) is 3.99. The Morgan fingerprint density at radius 3 is 2.86 bits per heavy atom. The molecule has 0 radical (unpaired) electrons. The Morgan fingerprint density at radius 2 is 2.14 bits per heavy atom. The monoisotopic (exact) mass is 291 g/mol. The van der Waals surface area contributed by atoms with E-state index in [9.17, 15) is 9.59 Å². The van der Waals surface area contributed by atoms with E-state index in [0.717, 1.165) is 0 Å². The summed E-state index contributed by atoms with van der Waals surface area (Å²) in [5, 5.41) is 11.6. The van der Waals surface area contributed by atoms with E-state index in [4.69, 9.17) is 14.6 Å². The summed E-state index contributed by atoms with van der Waals surface area (Å²) in [7, 11) is 0. The highest BCUT2D eigenvalue weighted by molar-refractivity contribution is 5.99. The predicted octanol–water partition coefficient (Wildman–Crippen LogP) is 1.61. The maximum atomic E-state index is 12.3. The molecule has 0 aliphatic carbocycles. The van der Waals surface area contributed by atoms with Gasteiger partial charge in [0, 0.05) is 0 Å². The molecule has 0 fully saturated rings. The van der Waals surface area contributed by atoms with E-state index in [1.54, 1.807) is 24.3 Å². The second-order valence-corrected chi connectivity index (χ2v) is 4.56. The van der Waals surface area contributed by atoms with E-state index in [-0.39, 0.29) is 12.0 Å². The van der Waals surface area contributed by atoms with Gasteiger partial charge in [0.2, 0.25) is 0 Å². The predicted molar refractivity (Wildman–Crippen MR) is 75.8 cm³/mol. The van der Waals surface area contributed by atoms with Crippen LogP contribution in [-0.2, 0) is 4.79 Å². The van der Waals surface area contributed by atoms with Gasteiger partial charge in [-0.25, -0.2) is 4.79 Å². The Morgan fingerprint density at radius 1 is 1.38 bits per heavy atom. The van der Waals surface area contributed by atoms with Crippen molar-refractivity contribution in [2.45, 2.75) is 18.9 Å². The lowest BCUT2D eigenvalue weighted by molar-refractivity contribution is -0.139. The van der Waals surface area contributed by atoms with Crippen LogP contribution < -0.4 is 14.8 Å². The Labute approximate surface area is 122 Å². The minimum Gasteiger partial charge on any atom is -0.486 e. The van der Waals surface area contributed by atoms with Gasteiger partial charge in [-0.05, 0) is 25.0 Å². The summed E-state index contributed by atoms with van der Waals surface area (Å²) in [4.78, 5) is 23.4. The van der Waals surface area contributed by atoms with E-state index in [1.165, 1.54) is 0 Å². The second-order valence-electron chi connectivity index (χ2n) is 4.56. The number of hydrogen-bond donors (Lipinski definition) is 2. The van der Waals surface area contributed by atoms with Crippen molar-refractivity contribution in [1.29, 1.82) is 0 Å². The normalized spacial score (nSPS) is 14.1. The molecule has 0 spiro atoms. The molecule has 1 amide bonds. The first kappa shape index (κ1) is 14.9. The first-order valence-electron chi connectivity index (χ1n) is 6.66. The van der Waals surface area contributed by atoms with Crippen LogP contribution in [0.25, 0.3) is 0 Å². The third-order valence-electron chi connectivity index (χ3n) is 3.07. The highest BCUT2D eigenvalue weighted by Crippen LogP contribution is 2.33. The number of ether oxygens (including phenoxy) is 2. The zero-order valence-corrected chi connectivity index (χ0v) is 11.5. The standard InChI is InChI=1S/C15H17NO5/c1-2-3-6-11(15(18)19)16-14(17)10-5-4-7-12-13(10)21-9-8-20-12/h2,4-5,7,11H,1,3,6,8-9H2,(H,16,17)(H,18,19). The minimum atomic E-state index is -1.08. The molecule has 2 rings (SSSR count). The summed E-state index contributed by atoms with van der Waals surface area (Å²) in [6.45, 7) is 4.33. The molecule has 1 heterocycles. The summed E-state index contributed by atoms with van der Waals surface area (Å²) >= 11 is 0. The van der Waals surface area contributed by atoms with Crippen LogP contribution in [-0.4, -0.2) is 36.2 Å². The first-order chi connectivity index (χ1) is 10.1. The van der Waals surface area contributed by atoms with Gasteiger partial charge in [0.1, 0.15) is 19.3 Å². The Hall–Kier alpha value is -2.50. The zero-order chi connectivity index (χ0) is 15.2. The SMILES string of the molecule is C=CCCC(NC(=O)c1cccc2c1OCCO2)C(=O)O. The minimum absolute atomic E-state index is 0.275. The van der Waals surface area contributed by atoms with Gasteiger partial charge in [-0.1, -0.05) is 12.1 Å². The molecule has 1 aliphatic rings. The van der Waals surface area contributed by atoms with Gasteiger partial charge < -0.3 is 19.9 Å². The average molecular weight is 291 g/mol. The molecule has 1 aromatic carbocycles. The van der Waals surface area contributed by atoms with Gasteiger partial charge in [-0.15, -0.1) is 6.58 Å². The van der Waals surface area contributed by atoms with Crippen molar-refractivity contribution in [2.24, 2.45) is 0 Å². The number of allylic oxidation sites excluding steroid dienone is 1. The molecule has 21 heavy (non-hydrogen) atoms. The van der Waals surface area contributed by atoms with E-state index in [2.05, 4.69) is 11.9 Å². The van der Waals surface area contributed by atoms with Gasteiger partial charge in [0.15, 0.2) is 11.5 Å². The maximum Gasteiger partial charge on any atom is 0.326 e. The smallest absolute Gasteiger partial charge is 0.326 e. The summed E-state index contributed by atoms with van der Waals surface area (Å²) in [5.41, 5.74) is 0.275. The van der Waals surface area contributed by atoms with E-state index >= 15 is 0 Å². The van der Waals surface area contributed by atoms with Gasteiger partial charge in [-0.3, -0.25) is 4.79 Å². The number of aliphatic carboxylic acids is 1. The van der Waals surface area contributed by atoms with Gasteiger partial charge in [-0.2, -0.15) is 0 Å². The number of benzene rings is 1. The molecule has 6 heteroatoms. The molecule has 112 valence electrons. The van der Waals surface area contributed by atoms with Crippen LogP contribution in [0.4, 0.5) is 0 Å². The number of carbonyl (C=O) groups excluding carboxylic acids is 1. The number of hydrogen-bond acceptors (Lipinski definition) is 4. The van der Waals surface area contributed by atoms with Crippen molar-refractivity contribution in [2.75, 3.05) is 13.2 Å². The number of rotatable bonds is 6.